The molecule has 1 aliphatic heterocycles. The van der Waals surface area contributed by atoms with E-state index in [9.17, 15) is 13.2 Å². The second-order valence-electron chi connectivity index (χ2n) is 8.52. The first-order valence-corrected chi connectivity index (χ1v) is 12.3. The molecule has 1 N–H and O–H groups in total. The molecule has 6 heteroatoms. The molecule has 160 valence electrons. The predicted octanol–water partition coefficient (Wildman–Crippen LogP) is 4.15. The Balaban J connectivity index is 1.53. The van der Waals surface area contributed by atoms with Gasteiger partial charge in [0.15, 0.2) is 0 Å². The van der Waals surface area contributed by atoms with Crippen molar-refractivity contribution in [2.24, 2.45) is 0 Å². The summed E-state index contributed by atoms with van der Waals surface area (Å²) < 4.78 is 27.5. The summed E-state index contributed by atoms with van der Waals surface area (Å²) in [5.41, 5.74) is 4.93. The molecule has 0 saturated carbocycles. The lowest BCUT2D eigenvalue weighted by Crippen LogP contribution is -2.30. The van der Waals surface area contributed by atoms with E-state index in [2.05, 4.69) is 23.5 Å². The molecule has 0 radical (unpaired) electrons. The molecule has 2 aromatic rings. The molecule has 1 saturated heterocycles. The first kappa shape index (κ1) is 21.1. The van der Waals surface area contributed by atoms with Crippen molar-refractivity contribution in [2.45, 2.75) is 63.3 Å². The van der Waals surface area contributed by atoms with Crippen LogP contribution in [0, 0.1) is 6.92 Å². The highest BCUT2D eigenvalue weighted by Crippen LogP contribution is 2.27. The van der Waals surface area contributed by atoms with Crippen LogP contribution < -0.4 is 5.32 Å². The monoisotopic (exact) mass is 426 g/mol. The first-order chi connectivity index (χ1) is 14.4. The van der Waals surface area contributed by atoms with Gasteiger partial charge in [-0.25, -0.2) is 8.42 Å². The quantitative estimate of drug-likeness (QED) is 0.781. The number of aryl methyl sites for hydroxylation is 3. The Hall–Kier alpha value is -2.18. The van der Waals surface area contributed by atoms with Gasteiger partial charge >= 0.3 is 0 Å². The van der Waals surface area contributed by atoms with Gasteiger partial charge in [-0.15, -0.1) is 0 Å². The van der Waals surface area contributed by atoms with Crippen LogP contribution in [0.5, 0.6) is 0 Å². The summed E-state index contributed by atoms with van der Waals surface area (Å²) in [6.45, 7) is 4.85. The largest absolute Gasteiger partial charge is 0.346 e. The fourth-order valence-corrected chi connectivity index (χ4v) is 6.24. The smallest absolute Gasteiger partial charge is 0.251 e. The fourth-order valence-electron chi connectivity index (χ4n) is 4.47. The molecule has 4 rings (SSSR count). The average Bonchev–Trinajstić information content (AvgIpc) is 3.29. The third kappa shape index (κ3) is 4.16. The molecule has 0 aromatic heterocycles. The van der Waals surface area contributed by atoms with Crippen molar-refractivity contribution >= 4 is 15.9 Å². The van der Waals surface area contributed by atoms with Crippen LogP contribution in [0.15, 0.2) is 41.3 Å². The van der Waals surface area contributed by atoms with Gasteiger partial charge < -0.3 is 5.32 Å². The molecule has 1 aliphatic carbocycles. The van der Waals surface area contributed by atoms with Crippen LogP contribution in [0.1, 0.15) is 71.3 Å². The van der Waals surface area contributed by atoms with Crippen LogP contribution in [0.3, 0.4) is 0 Å². The van der Waals surface area contributed by atoms with Crippen molar-refractivity contribution < 1.29 is 13.2 Å². The topological polar surface area (TPSA) is 66.5 Å². The zero-order chi connectivity index (χ0) is 21.3. The van der Waals surface area contributed by atoms with Gasteiger partial charge in [-0.2, -0.15) is 4.31 Å². The molecule has 5 nitrogen and oxygen atoms in total. The molecule has 0 unspecified atom stereocenters. The highest BCUT2D eigenvalue weighted by atomic mass is 32.2. The van der Waals surface area contributed by atoms with Crippen molar-refractivity contribution in [1.29, 1.82) is 0 Å². The lowest BCUT2D eigenvalue weighted by Gasteiger charge is -2.21. The van der Waals surface area contributed by atoms with Gasteiger partial charge in [0.05, 0.1) is 10.9 Å². The van der Waals surface area contributed by atoms with Crippen LogP contribution >= 0.6 is 0 Å². The van der Waals surface area contributed by atoms with Crippen LogP contribution in [-0.4, -0.2) is 31.7 Å². The number of sulfonamides is 1. The standard InChI is InChI=1S/C24H30N2O3S/c1-17-9-10-22(16-23(17)30(28,29)26-13-5-6-14-26)24(27)25-18(2)20-12-11-19-7-3-4-8-21(19)15-20/h9-12,15-16,18H,3-8,13-14H2,1-2H3,(H,25,27)/t18-/m1/s1. The Labute approximate surface area is 179 Å². The Bertz CT molecular complexity index is 1060. The molecule has 30 heavy (non-hydrogen) atoms. The van der Waals surface area contributed by atoms with Crippen molar-refractivity contribution in [3.63, 3.8) is 0 Å². The normalized spacial score (nSPS) is 18.1. The van der Waals surface area contributed by atoms with E-state index >= 15 is 0 Å². The van der Waals surface area contributed by atoms with Gasteiger partial charge in [-0.3, -0.25) is 4.79 Å². The minimum atomic E-state index is -3.56. The molecule has 1 fully saturated rings. The molecule has 0 spiro atoms. The van der Waals surface area contributed by atoms with E-state index in [4.69, 9.17) is 0 Å². The summed E-state index contributed by atoms with van der Waals surface area (Å²) in [7, 11) is -3.56. The first-order valence-electron chi connectivity index (χ1n) is 10.9. The van der Waals surface area contributed by atoms with Gasteiger partial charge in [-0.05, 0) is 86.8 Å². The minimum absolute atomic E-state index is 0.148. The third-order valence-electron chi connectivity index (χ3n) is 6.35. The Morgan fingerprint density at radius 3 is 2.40 bits per heavy atom. The molecular weight excluding hydrogens is 396 g/mol. The average molecular weight is 427 g/mol. The summed E-state index contributed by atoms with van der Waals surface area (Å²) in [4.78, 5) is 13.1. The van der Waals surface area contributed by atoms with Crippen LogP contribution in [0.2, 0.25) is 0 Å². The number of amides is 1. The number of benzene rings is 2. The van der Waals surface area contributed by atoms with E-state index in [0.717, 1.165) is 31.2 Å². The number of carbonyl (C=O) groups is 1. The van der Waals surface area contributed by atoms with E-state index in [-0.39, 0.29) is 16.8 Å². The van der Waals surface area contributed by atoms with E-state index in [0.29, 0.717) is 24.2 Å². The number of hydrogen-bond acceptors (Lipinski definition) is 3. The van der Waals surface area contributed by atoms with Crippen molar-refractivity contribution in [3.05, 3.63) is 64.2 Å². The Kier molecular flexibility index (Phi) is 5.98. The van der Waals surface area contributed by atoms with Gasteiger partial charge in [-0.1, -0.05) is 24.3 Å². The van der Waals surface area contributed by atoms with E-state index < -0.39 is 10.0 Å². The maximum atomic E-state index is 13.0. The third-order valence-corrected chi connectivity index (χ3v) is 8.39. The number of carbonyl (C=O) groups excluding carboxylic acids is 1. The molecule has 1 atom stereocenters. The molecular formula is C24H30N2O3S. The van der Waals surface area contributed by atoms with Gasteiger partial charge in [0.1, 0.15) is 0 Å². The molecule has 2 aliphatic rings. The molecule has 1 amide bonds. The van der Waals surface area contributed by atoms with E-state index in [1.807, 2.05) is 6.92 Å². The highest BCUT2D eigenvalue weighted by molar-refractivity contribution is 7.89. The van der Waals surface area contributed by atoms with Crippen molar-refractivity contribution in [3.8, 4) is 0 Å². The predicted molar refractivity (Wildman–Crippen MR) is 118 cm³/mol. The SMILES string of the molecule is Cc1ccc(C(=O)N[C@H](C)c2ccc3c(c2)CCCC3)cc1S(=O)(=O)N1CCCC1. The van der Waals surface area contributed by atoms with Crippen LogP contribution in [0.4, 0.5) is 0 Å². The van der Waals surface area contributed by atoms with E-state index in [1.54, 1.807) is 19.1 Å². The fraction of sp³-hybridized carbons (Fsp3) is 0.458. The maximum absolute atomic E-state index is 13.0. The number of hydrogen-bond donors (Lipinski definition) is 1. The Morgan fingerprint density at radius 1 is 0.967 bits per heavy atom. The van der Waals surface area contributed by atoms with Gasteiger partial charge in [0, 0.05) is 18.7 Å². The number of nitrogens with zero attached hydrogens (tertiary/aromatic N) is 1. The maximum Gasteiger partial charge on any atom is 0.251 e. The van der Waals surface area contributed by atoms with Gasteiger partial charge in [0.2, 0.25) is 10.0 Å². The zero-order valence-corrected chi connectivity index (χ0v) is 18.6. The van der Waals surface area contributed by atoms with Crippen molar-refractivity contribution in [2.75, 3.05) is 13.1 Å². The number of nitrogens with one attached hydrogen (secondary N) is 1. The number of fused-ring (bicyclic) bond motifs is 1. The van der Waals surface area contributed by atoms with Crippen LogP contribution in [-0.2, 0) is 22.9 Å². The molecule has 2 aromatic carbocycles. The summed E-state index contributed by atoms with van der Waals surface area (Å²) in [6, 6.07) is 11.3. The summed E-state index contributed by atoms with van der Waals surface area (Å²) in [5.74, 6) is -0.252. The highest BCUT2D eigenvalue weighted by Gasteiger charge is 2.29. The second kappa shape index (κ2) is 8.52. The van der Waals surface area contributed by atoms with E-state index in [1.165, 1.54) is 34.3 Å². The van der Waals surface area contributed by atoms with Crippen LogP contribution in [0.25, 0.3) is 0 Å². The summed E-state index contributed by atoms with van der Waals surface area (Å²) in [5, 5.41) is 3.04. The molecule has 0 bridgehead atoms. The summed E-state index contributed by atoms with van der Waals surface area (Å²) in [6.07, 6.45) is 6.46. The lowest BCUT2D eigenvalue weighted by atomic mass is 9.89. The minimum Gasteiger partial charge on any atom is -0.346 e. The Morgan fingerprint density at radius 2 is 1.67 bits per heavy atom. The summed E-state index contributed by atoms with van der Waals surface area (Å²) >= 11 is 0. The molecule has 1 heterocycles. The lowest BCUT2D eigenvalue weighted by molar-refractivity contribution is 0.0939. The second-order valence-corrected chi connectivity index (χ2v) is 10.4. The van der Waals surface area contributed by atoms with Gasteiger partial charge in [0.25, 0.3) is 5.91 Å². The number of rotatable bonds is 5. The zero-order valence-electron chi connectivity index (χ0n) is 17.8. The van der Waals surface area contributed by atoms with Crippen molar-refractivity contribution in [1.82, 2.24) is 9.62 Å².